The predicted molar refractivity (Wildman–Crippen MR) is 70.8 cm³/mol. The first-order valence-corrected chi connectivity index (χ1v) is 6.49. The Kier molecular flexibility index (Phi) is 3.41. The number of nitrogens with one attached hydrogen (secondary N) is 1. The van der Waals surface area contributed by atoms with Crippen LogP contribution in [-0.4, -0.2) is 6.04 Å². The molecule has 1 saturated carbocycles. The lowest BCUT2D eigenvalue weighted by atomic mass is 9.75. The Morgan fingerprint density at radius 3 is 2.76 bits per heavy atom. The summed E-state index contributed by atoms with van der Waals surface area (Å²) in [5, 5.41) is 3.57. The maximum atomic E-state index is 13.0. The van der Waals surface area contributed by atoms with Crippen LogP contribution >= 0.6 is 0 Å². The minimum absolute atomic E-state index is 0.156. The summed E-state index contributed by atoms with van der Waals surface area (Å²) in [6.07, 6.45) is 5.02. The van der Waals surface area contributed by atoms with Gasteiger partial charge in [0.05, 0.1) is 0 Å². The van der Waals surface area contributed by atoms with E-state index in [9.17, 15) is 4.39 Å². The van der Waals surface area contributed by atoms with Gasteiger partial charge in [-0.15, -0.1) is 0 Å². The first kappa shape index (κ1) is 12.4. The van der Waals surface area contributed by atoms with E-state index in [4.69, 9.17) is 0 Å². The van der Waals surface area contributed by atoms with E-state index >= 15 is 0 Å². The molecular formula is C15H22FN. The van der Waals surface area contributed by atoms with Crippen molar-refractivity contribution in [3.8, 4) is 0 Å². The van der Waals surface area contributed by atoms with Crippen molar-refractivity contribution in [3.05, 3.63) is 29.6 Å². The second-order valence-electron chi connectivity index (χ2n) is 6.06. The van der Waals surface area contributed by atoms with E-state index in [1.807, 2.05) is 13.0 Å². The van der Waals surface area contributed by atoms with Crippen LogP contribution in [0, 0.1) is 18.2 Å². The molecular weight excluding hydrogens is 213 g/mol. The third kappa shape index (κ3) is 3.21. The lowest BCUT2D eigenvalue weighted by Crippen LogP contribution is -2.31. The third-order valence-electron chi connectivity index (χ3n) is 3.75. The molecule has 2 rings (SSSR count). The quantitative estimate of drug-likeness (QED) is 0.795. The van der Waals surface area contributed by atoms with Gasteiger partial charge < -0.3 is 5.32 Å². The lowest BCUT2D eigenvalue weighted by Gasteiger charge is -2.36. The van der Waals surface area contributed by atoms with Crippen LogP contribution in [0.5, 0.6) is 0 Å². The Bertz CT molecular complexity index is 398. The number of hydrogen-bond acceptors (Lipinski definition) is 1. The molecule has 1 aliphatic carbocycles. The highest BCUT2D eigenvalue weighted by molar-refractivity contribution is 5.51. The van der Waals surface area contributed by atoms with E-state index < -0.39 is 0 Å². The summed E-state index contributed by atoms with van der Waals surface area (Å²) in [6, 6.07) is 5.51. The fourth-order valence-electron chi connectivity index (χ4n) is 2.83. The average molecular weight is 235 g/mol. The van der Waals surface area contributed by atoms with Crippen molar-refractivity contribution in [3.63, 3.8) is 0 Å². The summed E-state index contributed by atoms with van der Waals surface area (Å²) < 4.78 is 13.0. The van der Waals surface area contributed by atoms with E-state index in [1.165, 1.54) is 31.7 Å². The van der Waals surface area contributed by atoms with E-state index in [-0.39, 0.29) is 5.82 Å². The van der Waals surface area contributed by atoms with Gasteiger partial charge in [0.15, 0.2) is 0 Å². The Labute approximate surface area is 103 Å². The second kappa shape index (κ2) is 4.67. The maximum Gasteiger partial charge on any atom is 0.123 e. The van der Waals surface area contributed by atoms with Crippen molar-refractivity contribution in [1.29, 1.82) is 0 Å². The number of benzene rings is 1. The molecule has 0 heterocycles. The van der Waals surface area contributed by atoms with Crippen LogP contribution in [0.2, 0.25) is 0 Å². The van der Waals surface area contributed by atoms with Gasteiger partial charge in [-0.2, -0.15) is 0 Å². The summed E-state index contributed by atoms with van der Waals surface area (Å²) in [5.41, 5.74) is 2.51. The van der Waals surface area contributed by atoms with E-state index in [0.29, 0.717) is 11.5 Å². The Morgan fingerprint density at radius 2 is 2.12 bits per heavy atom. The zero-order valence-electron chi connectivity index (χ0n) is 11.0. The van der Waals surface area contributed by atoms with Crippen molar-refractivity contribution in [2.45, 2.75) is 52.5 Å². The molecule has 1 atom stereocenters. The molecule has 0 spiro atoms. The van der Waals surface area contributed by atoms with Gasteiger partial charge in [-0.3, -0.25) is 0 Å². The highest BCUT2D eigenvalue weighted by Crippen LogP contribution is 2.36. The molecule has 1 N–H and O–H groups in total. The van der Waals surface area contributed by atoms with Crippen LogP contribution in [0.25, 0.3) is 0 Å². The third-order valence-corrected chi connectivity index (χ3v) is 3.75. The minimum atomic E-state index is -0.156. The molecule has 1 aliphatic rings. The van der Waals surface area contributed by atoms with Crippen molar-refractivity contribution in [1.82, 2.24) is 0 Å². The maximum absolute atomic E-state index is 13.0. The normalized spacial score (nSPS) is 23.4. The largest absolute Gasteiger partial charge is 0.382 e. The molecule has 1 aromatic rings. The summed E-state index contributed by atoms with van der Waals surface area (Å²) in [7, 11) is 0. The smallest absolute Gasteiger partial charge is 0.123 e. The molecule has 0 aromatic heterocycles. The number of hydrogen-bond donors (Lipinski definition) is 1. The van der Waals surface area contributed by atoms with Gasteiger partial charge >= 0.3 is 0 Å². The van der Waals surface area contributed by atoms with Gasteiger partial charge in [0.25, 0.3) is 0 Å². The number of aryl methyl sites for hydroxylation is 1. The van der Waals surface area contributed by atoms with Crippen LogP contribution in [0.3, 0.4) is 0 Å². The molecule has 0 saturated heterocycles. The van der Waals surface area contributed by atoms with E-state index in [2.05, 4.69) is 19.2 Å². The van der Waals surface area contributed by atoms with Crippen molar-refractivity contribution >= 4 is 5.69 Å². The Balaban J connectivity index is 2.05. The molecule has 0 bridgehead atoms. The lowest BCUT2D eigenvalue weighted by molar-refractivity contribution is 0.229. The van der Waals surface area contributed by atoms with Gasteiger partial charge in [-0.25, -0.2) is 4.39 Å². The van der Waals surface area contributed by atoms with Gasteiger partial charge in [0.2, 0.25) is 0 Å². The minimum Gasteiger partial charge on any atom is -0.382 e. The monoisotopic (exact) mass is 235 g/mol. The second-order valence-corrected chi connectivity index (χ2v) is 6.06. The van der Waals surface area contributed by atoms with Crippen LogP contribution < -0.4 is 5.32 Å². The van der Waals surface area contributed by atoms with Crippen LogP contribution in [0.1, 0.15) is 45.1 Å². The molecule has 0 amide bonds. The zero-order chi connectivity index (χ0) is 12.5. The molecule has 17 heavy (non-hydrogen) atoms. The Hall–Kier alpha value is -1.05. The average Bonchev–Trinajstić information content (AvgIpc) is 2.21. The van der Waals surface area contributed by atoms with Crippen molar-refractivity contribution in [2.75, 3.05) is 5.32 Å². The summed E-state index contributed by atoms with van der Waals surface area (Å²) >= 11 is 0. The molecule has 1 unspecified atom stereocenters. The van der Waals surface area contributed by atoms with Gasteiger partial charge in [-0.05, 0) is 55.4 Å². The van der Waals surface area contributed by atoms with Gasteiger partial charge in [0, 0.05) is 11.7 Å². The molecule has 0 aliphatic heterocycles. The topological polar surface area (TPSA) is 12.0 Å². The summed E-state index contributed by atoms with van der Waals surface area (Å²) in [5.74, 6) is -0.156. The Morgan fingerprint density at radius 1 is 1.35 bits per heavy atom. The fraction of sp³-hybridized carbons (Fsp3) is 0.600. The summed E-state index contributed by atoms with van der Waals surface area (Å²) in [4.78, 5) is 0. The van der Waals surface area contributed by atoms with E-state index in [0.717, 1.165) is 11.3 Å². The standard InChI is InChI=1S/C15H22FN/c1-11-9-12(16)6-7-14(11)17-13-5-4-8-15(2,3)10-13/h6-7,9,13,17H,4-5,8,10H2,1-3H3. The SMILES string of the molecule is Cc1cc(F)ccc1NC1CCCC(C)(C)C1. The predicted octanol–water partition coefficient (Wildman–Crippen LogP) is 4.51. The number of halogens is 1. The molecule has 1 aromatic carbocycles. The van der Waals surface area contributed by atoms with Gasteiger partial charge in [-0.1, -0.05) is 20.3 Å². The molecule has 2 heteroatoms. The molecule has 94 valence electrons. The van der Waals surface area contributed by atoms with Crippen molar-refractivity contribution < 1.29 is 4.39 Å². The first-order valence-electron chi connectivity index (χ1n) is 6.49. The molecule has 1 fully saturated rings. The highest BCUT2D eigenvalue weighted by Gasteiger charge is 2.27. The molecule has 1 nitrogen and oxygen atoms in total. The van der Waals surface area contributed by atoms with E-state index in [1.54, 1.807) is 6.07 Å². The van der Waals surface area contributed by atoms with Crippen LogP contribution in [-0.2, 0) is 0 Å². The number of anilines is 1. The van der Waals surface area contributed by atoms with Gasteiger partial charge in [0.1, 0.15) is 5.82 Å². The summed E-state index contributed by atoms with van der Waals surface area (Å²) in [6.45, 7) is 6.62. The molecule has 0 radical (unpaired) electrons. The van der Waals surface area contributed by atoms with Crippen LogP contribution in [0.15, 0.2) is 18.2 Å². The zero-order valence-corrected chi connectivity index (χ0v) is 11.0. The number of rotatable bonds is 2. The van der Waals surface area contributed by atoms with Crippen LogP contribution in [0.4, 0.5) is 10.1 Å². The first-order chi connectivity index (χ1) is 7.96. The fourth-order valence-corrected chi connectivity index (χ4v) is 2.83. The highest BCUT2D eigenvalue weighted by atomic mass is 19.1. The van der Waals surface area contributed by atoms with Crippen molar-refractivity contribution in [2.24, 2.45) is 5.41 Å².